The third-order valence-corrected chi connectivity index (χ3v) is 3.63. The van der Waals surface area contributed by atoms with Crippen LogP contribution in [0.2, 0.25) is 0 Å². The van der Waals surface area contributed by atoms with Gasteiger partial charge in [0, 0.05) is 38.2 Å². The number of benzene rings is 1. The summed E-state index contributed by atoms with van der Waals surface area (Å²) in [4.78, 5) is 13.7. The van der Waals surface area contributed by atoms with Gasteiger partial charge in [-0.3, -0.25) is 4.79 Å². The average Bonchev–Trinajstić information content (AvgIpc) is 2.91. The summed E-state index contributed by atoms with van der Waals surface area (Å²) in [6.07, 6.45) is 2.58. The van der Waals surface area contributed by atoms with Gasteiger partial charge in [0.15, 0.2) is 0 Å². The zero-order chi connectivity index (χ0) is 14.5. The molecule has 1 aliphatic heterocycles. The van der Waals surface area contributed by atoms with Gasteiger partial charge in [-0.05, 0) is 37.5 Å². The highest BCUT2D eigenvalue weighted by molar-refractivity contribution is 5.76. The molecule has 1 saturated heterocycles. The number of hydrogen-bond acceptors (Lipinski definition) is 2. The predicted octanol–water partition coefficient (Wildman–Crippen LogP) is 2.63. The molecule has 0 aromatic heterocycles. The van der Waals surface area contributed by atoms with Crippen molar-refractivity contribution in [1.82, 2.24) is 10.2 Å². The van der Waals surface area contributed by atoms with E-state index < -0.39 is 11.6 Å². The molecule has 1 heterocycles. The number of hydrogen-bond donors (Lipinski definition) is 1. The number of rotatable bonds is 5. The molecule has 2 rings (SSSR count). The smallest absolute Gasteiger partial charge is 0.223 e. The van der Waals surface area contributed by atoms with E-state index in [9.17, 15) is 13.6 Å². The second-order valence-corrected chi connectivity index (χ2v) is 5.22. The molecular formula is C15H20F2N2O. The van der Waals surface area contributed by atoms with Crippen LogP contribution in [-0.4, -0.2) is 30.4 Å². The van der Waals surface area contributed by atoms with Gasteiger partial charge in [-0.15, -0.1) is 0 Å². The maximum Gasteiger partial charge on any atom is 0.223 e. The van der Waals surface area contributed by atoms with E-state index >= 15 is 0 Å². The van der Waals surface area contributed by atoms with Gasteiger partial charge in [0.05, 0.1) is 0 Å². The van der Waals surface area contributed by atoms with Crippen molar-refractivity contribution in [3.8, 4) is 0 Å². The highest BCUT2D eigenvalue weighted by atomic mass is 19.1. The molecular weight excluding hydrogens is 262 g/mol. The SMILES string of the molecule is CC(NCCC(=O)N1CCCC1)c1cc(F)cc(F)c1. The monoisotopic (exact) mass is 282 g/mol. The first-order valence-corrected chi connectivity index (χ1v) is 7.03. The van der Waals surface area contributed by atoms with Crippen LogP contribution < -0.4 is 5.32 Å². The number of nitrogens with one attached hydrogen (secondary N) is 1. The molecule has 0 bridgehead atoms. The van der Waals surface area contributed by atoms with Crippen LogP contribution in [0.1, 0.15) is 37.8 Å². The van der Waals surface area contributed by atoms with Gasteiger partial charge in [-0.25, -0.2) is 8.78 Å². The van der Waals surface area contributed by atoms with Crippen molar-refractivity contribution in [2.75, 3.05) is 19.6 Å². The van der Waals surface area contributed by atoms with E-state index in [-0.39, 0.29) is 11.9 Å². The Kier molecular flexibility index (Phi) is 5.06. The van der Waals surface area contributed by atoms with Crippen LogP contribution in [0, 0.1) is 11.6 Å². The van der Waals surface area contributed by atoms with Crippen LogP contribution in [0.15, 0.2) is 18.2 Å². The summed E-state index contributed by atoms with van der Waals surface area (Å²) in [5, 5.41) is 3.13. The van der Waals surface area contributed by atoms with Gasteiger partial charge in [0.25, 0.3) is 0 Å². The third kappa shape index (κ3) is 4.00. The predicted molar refractivity (Wildman–Crippen MR) is 73.2 cm³/mol. The molecule has 0 aliphatic carbocycles. The molecule has 0 spiro atoms. The lowest BCUT2D eigenvalue weighted by Crippen LogP contribution is -2.31. The van der Waals surface area contributed by atoms with Crippen molar-refractivity contribution in [2.24, 2.45) is 0 Å². The molecule has 0 radical (unpaired) electrons. The summed E-state index contributed by atoms with van der Waals surface area (Å²) in [5.74, 6) is -1.02. The second-order valence-electron chi connectivity index (χ2n) is 5.22. The molecule has 1 aliphatic rings. The van der Waals surface area contributed by atoms with E-state index in [1.807, 2.05) is 11.8 Å². The van der Waals surface area contributed by atoms with Gasteiger partial charge in [0.1, 0.15) is 11.6 Å². The van der Waals surface area contributed by atoms with Crippen molar-refractivity contribution >= 4 is 5.91 Å². The summed E-state index contributed by atoms with van der Waals surface area (Å²) in [5.41, 5.74) is 0.552. The maximum atomic E-state index is 13.1. The Labute approximate surface area is 118 Å². The molecule has 3 nitrogen and oxygen atoms in total. The van der Waals surface area contributed by atoms with Crippen molar-refractivity contribution in [3.05, 3.63) is 35.4 Å². The van der Waals surface area contributed by atoms with Crippen LogP contribution in [0.3, 0.4) is 0 Å². The maximum absolute atomic E-state index is 13.1. The molecule has 20 heavy (non-hydrogen) atoms. The molecule has 1 atom stereocenters. The second kappa shape index (κ2) is 6.79. The van der Waals surface area contributed by atoms with Crippen molar-refractivity contribution in [3.63, 3.8) is 0 Å². The molecule has 1 aromatic carbocycles. The lowest BCUT2D eigenvalue weighted by atomic mass is 10.1. The molecule has 110 valence electrons. The first kappa shape index (κ1) is 14.9. The third-order valence-electron chi connectivity index (χ3n) is 3.63. The zero-order valence-electron chi connectivity index (χ0n) is 11.7. The molecule has 1 aromatic rings. The van der Waals surface area contributed by atoms with E-state index in [4.69, 9.17) is 0 Å². The van der Waals surface area contributed by atoms with E-state index in [2.05, 4.69) is 5.32 Å². The minimum Gasteiger partial charge on any atom is -0.343 e. The van der Waals surface area contributed by atoms with Crippen LogP contribution in [0.5, 0.6) is 0 Å². The average molecular weight is 282 g/mol. The van der Waals surface area contributed by atoms with E-state index in [0.717, 1.165) is 32.0 Å². The Balaban J connectivity index is 1.79. The fourth-order valence-corrected chi connectivity index (χ4v) is 2.46. The number of amides is 1. The standard InChI is InChI=1S/C15H20F2N2O/c1-11(12-8-13(16)10-14(17)9-12)18-5-4-15(20)19-6-2-3-7-19/h8-11,18H,2-7H2,1H3. The van der Waals surface area contributed by atoms with Gasteiger partial charge >= 0.3 is 0 Å². The highest BCUT2D eigenvalue weighted by Crippen LogP contribution is 2.16. The lowest BCUT2D eigenvalue weighted by molar-refractivity contribution is -0.130. The van der Waals surface area contributed by atoms with E-state index in [1.54, 1.807) is 0 Å². The molecule has 1 unspecified atom stereocenters. The first-order chi connectivity index (χ1) is 9.56. The van der Waals surface area contributed by atoms with Crippen LogP contribution in [0.4, 0.5) is 8.78 Å². The molecule has 5 heteroatoms. The van der Waals surface area contributed by atoms with Crippen LogP contribution in [0.25, 0.3) is 0 Å². The van der Waals surface area contributed by atoms with Gasteiger partial charge in [-0.2, -0.15) is 0 Å². The van der Waals surface area contributed by atoms with Gasteiger partial charge in [0.2, 0.25) is 5.91 Å². The topological polar surface area (TPSA) is 32.3 Å². The number of likely N-dealkylation sites (tertiary alicyclic amines) is 1. The van der Waals surface area contributed by atoms with Crippen molar-refractivity contribution in [2.45, 2.75) is 32.2 Å². The summed E-state index contributed by atoms with van der Waals surface area (Å²) in [7, 11) is 0. The van der Waals surface area contributed by atoms with E-state index in [1.165, 1.54) is 12.1 Å². The Bertz CT molecular complexity index is 453. The molecule has 1 N–H and O–H groups in total. The highest BCUT2D eigenvalue weighted by Gasteiger charge is 2.17. The Morgan fingerprint density at radius 1 is 1.25 bits per heavy atom. The number of halogens is 2. The quantitative estimate of drug-likeness (QED) is 0.900. The largest absolute Gasteiger partial charge is 0.343 e. The van der Waals surface area contributed by atoms with Crippen LogP contribution in [-0.2, 0) is 4.79 Å². The Morgan fingerprint density at radius 2 is 1.85 bits per heavy atom. The van der Waals surface area contributed by atoms with E-state index in [0.29, 0.717) is 18.5 Å². The fourth-order valence-electron chi connectivity index (χ4n) is 2.46. The minimum absolute atomic E-state index is 0.146. The molecule has 1 amide bonds. The molecule has 0 saturated carbocycles. The normalized spacial score (nSPS) is 16.4. The van der Waals surface area contributed by atoms with Gasteiger partial charge < -0.3 is 10.2 Å². The van der Waals surface area contributed by atoms with Crippen molar-refractivity contribution in [1.29, 1.82) is 0 Å². The first-order valence-electron chi connectivity index (χ1n) is 7.03. The summed E-state index contributed by atoms with van der Waals surface area (Å²) >= 11 is 0. The summed E-state index contributed by atoms with van der Waals surface area (Å²) in [6, 6.07) is 3.28. The minimum atomic E-state index is -0.582. The Hall–Kier alpha value is -1.49. The summed E-state index contributed by atoms with van der Waals surface area (Å²) < 4.78 is 26.2. The Morgan fingerprint density at radius 3 is 2.45 bits per heavy atom. The van der Waals surface area contributed by atoms with Crippen LogP contribution >= 0.6 is 0 Å². The number of nitrogens with zero attached hydrogens (tertiary/aromatic N) is 1. The van der Waals surface area contributed by atoms with Crippen molar-refractivity contribution < 1.29 is 13.6 Å². The summed E-state index contributed by atoms with van der Waals surface area (Å²) in [6.45, 7) is 4.04. The zero-order valence-corrected chi connectivity index (χ0v) is 11.7. The fraction of sp³-hybridized carbons (Fsp3) is 0.533. The van der Waals surface area contributed by atoms with Gasteiger partial charge in [-0.1, -0.05) is 0 Å². The molecule has 1 fully saturated rings. The number of carbonyl (C=O) groups excluding carboxylic acids is 1. The lowest BCUT2D eigenvalue weighted by Gasteiger charge is -2.17. The number of carbonyl (C=O) groups is 1.